The van der Waals surface area contributed by atoms with Crippen LogP contribution in [0.5, 0.6) is 5.75 Å². The Labute approximate surface area is 168 Å². The first-order valence-corrected chi connectivity index (χ1v) is 9.83. The summed E-state index contributed by atoms with van der Waals surface area (Å²) in [7, 11) is 3.16. The molecule has 0 unspecified atom stereocenters. The smallest absolute Gasteiger partial charge is 0.295 e. The van der Waals surface area contributed by atoms with Crippen molar-refractivity contribution in [3.05, 3.63) is 57.3 Å². The third kappa shape index (κ3) is 3.68. The molecule has 3 rings (SSSR count). The molecule has 0 saturated carbocycles. The minimum atomic E-state index is -0.663. The van der Waals surface area contributed by atoms with Gasteiger partial charge in [0.25, 0.3) is 11.7 Å². The second kappa shape index (κ2) is 8.58. The van der Waals surface area contributed by atoms with Gasteiger partial charge in [-0.05, 0) is 48.6 Å². The molecular weight excluding hydrogens is 378 g/mol. The molecule has 0 aliphatic carbocycles. The van der Waals surface area contributed by atoms with Gasteiger partial charge >= 0.3 is 0 Å². The van der Waals surface area contributed by atoms with Gasteiger partial charge in [-0.3, -0.25) is 9.59 Å². The lowest BCUT2D eigenvalue weighted by Gasteiger charge is -2.24. The Hall–Kier alpha value is -2.64. The predicted molar refractivity (Wildman–Crippen MR) is 108 cm³/mol. The van der Waals surface area contributed by atoms with Gasteiger partial charge in [0, 0.05) is 30.7 Å². The third-order valence-corrected chi connectivity index (χ3v) is 5.71. The van der Waals surface area contributed by atoms with Crippen LogP contribution in [0.1, 0.15) is 28.5 Å². The van der Waals surface area contributed by atoms with E-state index < -0.39 is 17.7 Å². The van der Waals surface area contributed by atoms with E-state index in [9.17, 15) is 14.7 Å². The van der Waals surface area contributed by atoms with Gasteiger partial charge in [-0.25, -0.2) is 0 Å². The second-order valence-electron chi connectivity index (χ2n) is 6.54. The molecule has 1 saturated heterocycles. The Morgan fingerprint density at radius 3 is 2.64 bits per heavy atom. The van der Waals surface area contributed by atoms with Crippen LogP contribution < -0.4 is 4.74 Å². The van der Waals surface area contributed by atoms with E-state index in [1.807, 2.05) is 24.4 Å². The standard InChI is InChI=1S/C21H23NO5S/c1-13-12-14(27-3)7-8-15(13)19(23)17-18(16-6-4-11-28-16)22(9-5-10-26-2)21(25)20(17)24/h4,6-8,11-12,18,23H,5,9-10H2,1-3H3/t18-/m0/s1. The quantitative estimate of drug-likeness (QED) is 0.332. The van der Waals surface area contributed by atoms with Gasteiger partial charge in [0.15, 0.2) is 0 Å². The van der Waals surface area contributed by atoms with Crippen molar-refractivity contribution in [1.82, 2.24) is 4.90 Å². The minimum absolute atomic E-state index is 0.123. The zero-order chi connectivity index (χ0) is 20.3. The predicted octanol–water partition coefficient (Wildman–Crippen LogP) is 3.52. The largest absolute Gasteiger partial charge is 0.507 e. The van der Waals surface area contributed by atoms with Crippen LogP contribution in [-0.2, 0) is 14.3 Å². The number of ether oxygens (including phenoxy) is 2. The fourth-order valence-corrected chi connectivity index (χ4v) is 4.25. The number of hydrogen-bond donors (Lipinski definition) is 1. The molecule has 1 fully saturated rings. The Balaban J connectivity index is 2.09. The fourth-order valence-electron chi connectivity index (χ4n) is 3.41. The van der Waals surface area contributed by atoms with Crippen LogP contribution in [0.15, 0.2) is 41.3 Å². The molecule has 0 radical (unpaired) electrons. The van der Waals surface area contributed by atoms with Crippen molar-refractivity contribution in [2.45, 2.75) is 19.4 Å². The number of aryl methyl sites for hydroxylation is 1. The van der Waals surface area contributed by atoms with Gasteiger partial charge in [-0.1, -0.05) is 6.07 Å². The van der Waals surface area contributed by atoms with Crippen molar-refractivity contribution in [1.29, 1.82) is 0 Å². The number of benzene rings is 1. The molecule has 7 heteroatoms. The fraction of sp³-hybridized carbons (Fsp3) is 0.333. The summed E-state index contributed by atoms with van der Waals surface area (Å²) in [5.74, 6) is -0.763. The number of amides is 1. The van der Waals surface area contributed by atoms with E-state index in [4.69, 9.17) is 9.47 Å². The number of aliphatic hydroxyl groups excluding tert-OH is 1. The molecule has 1 aromatic carbocycles. The van der Waals surface area contributed by atoms with Crippen LogP contribution in [-0.4, -0.2) is 49.1 Å². The van der Waals surface area contributed by atoms with Gasteiger partial charge < -0.3 is 19.5 Å². The number of methoxy groups -OCH3 is 2. The Bertz CT molecular complexity index is 904. The molecule has 6 nitrogen and oxygen atoms in total. The number of thiophene rings is 1. The highest BCUT2D eigenvalue weighted by Gasteiger charge is 2.46. The molecule has 1 aliphatic heterocycles. The highest BCUT2D eigenvalue weighted by atomic mass is 32.1. The minimum Gasteiger partial charge on any atom is -0.507 e. The zero-order valence-electron chi connectivity index (χ0n) is 16.1. The topological polar surface area (TPSA) is 76.1 Å². The van der Waals surface area contributed by atoms with Crippen LogP contribution in [0.3, 0.4) is 0 Å². The van der Waals surface area contributed by atoms with Crippen molar-refractivity contribution in [2.24, 2.45) is 0 Å². The monoisotopic (exact) mass is 401 g/mol. The molecule has 2 heterocycles. The number of aliphatic hydroxyl groups is 1. The molecule has 1 aliphatic rings. The number of carbonyl (C=O) groups excluding carboxylic acids is 2. The second-order valence-corrected chi connectivity index (χ2v) is 7.51. The SMILES string of the molecule is COCCCN1C(=O)C(=O)C(=C(O)c2ccc(OC)cc2C)[C@@H]1c1cccs1. The van der Waals surface area contributed by atoms with Gasteiger partial charge in [0.2, 0.25) is 0 Å². The molecule has 1 atom stereocenters. The highest BCUT2D eigenvalue weighted by molar-refractivity contribution is 7.10. The first-order valence-electron chi connectivity index (χ1n) is 8.95. The van der Waals surface area contributed by atoms with E-state index in [1.54, 1.807) is 32.4 Å². The first kappa shape index (κ1) is 20.1. The summed E-state index contributed by atoms with van der Waals surface area (Å²) < 4.78 is 10.3. The molecule has 28 heavy (non-hydrogen) atoms. The van der Waals surface area contributed by atoms with Crippen LogP contribution in [0, 0.1) is 6.92 Å². The number of likely N-dealkylation sites (tertiary alicyclic amines) is 1. The number of carbonyl (C=O) groups is 2. The molecule has 1 amide bonds. The van der Waals surface area contributed by atoms with Crippen molar-refractivity contribution in [3.63, 3.8) is 0 Å². The zero-order valence-corrected chi connectivity index (χ0v) is 16.9. The maximum absolute atomic E-state index is 12.8. The molecule has 1 aromatic heterocycles. The number of ketones is 1. The summed E-state index contributed by atoms with van der Waals surface area (Å²) in [5, 5.41) is 12.9. The maximum Gasteiger partial charge on any atom is 0.295 e. The summed E-state index contributed by atoms with van der Waals surface area (Å²) in [5.41, 5.74) is 1.39. The van der Waals surface area contributed by atoms with Crippen LogP contribution >= 0.6 is 11.3 Å². The number of hydrogen-bond acceptors (Lipinski definition) is 6. The lowest BCUT2D eigenvalue weighted by atomic mass is 9.97. The van der Waals surface area contributed by atoms with E-state index in [0.29, 0.717) is 30.9 Å². The molecule has 1 N–H and O–H groups in total. The molecular formula is C21H23NO5S. The summed E-state index contributed by atoms with van der Waals surface area (Å²) >= 11 is 1.45. The summed E-state index contributed by atoms with van der Waals surface area (Å²) in [6.07, 6.45) is 0.604. The number of nitrogens with zero attached hydrogens (tertiary/aromatic N) is 1. The van der Waals surface area contributed by atoms with E-state index in [1.165, 1.54) is 16.2 Å². The Morgan fingerprint density at radius 1 is 1.25 bits per heavy atom. The number of Topliss-reactive ketones (excluding diaryl/α,β-unsaturated/α-hetero) is 1. The third-order valence-electron chi connectivity index (χ3n) is 4.79. The molecule has 148 valence electrons. The van der Waals surface area contributed by atoms with E-state index >= 15 is 0 Å². The first-order chi connectivity index (χ1) is 13.5. The lowest BCUT2D eigenvalue weighted by Crippen LogP contribution is -2.31. The van der Waals surface area contributed by atoms with Crippen molar-refractivity contribution < 1.29 is 24.2 Å². The molecule has 2 aromatic rings. The summed E-state index contributed by atoms with van der Waals surface area (Å²) in [6.45, 7) is 2.68. The Morgan fingerprint density at radius 2 is 2.04 bits per heavy atom. The van der Waals surface area contributed by atoms with Gasteiger partial charge in [0.05, 0.1) is 18.7 Å². The summed E-state index contributed by atoms with van der Waals surface area (Å²) in [6, 6.07) is 8.35. The average molecular weight is 401 g/mol. The van der Waals surface area contributed by atoms with Crippen LogP contribution in [0.25, 0.3) is 5.76 Å². The number of rotatable bonds is 7. The van der Waals surface area contributed by atoms with Crippen molar-refractivity contribution >= 4 is 28.8 Å². The Kier molecular flexibility index (Phi) is 6.16. The maximum atomic E-state index is 12.8. The molecule has 0 spiro atoms. The van der Waals surface area contributed by atoms with Crippen molar-refractivity contribution in [3.8, 4) is 5.75 Å². The summed E-state index contributed by atoms with van der Waals surface area (Å²) in [4.78, 5) is 27.9. The van der Waals surface area contributed by atoms with Gasteiger partial charge in [-0.15, -0.1) is 11.3 Å². The van der Waals surface area contributed by atoms with E-state index in [-0.39, 0.29) is 11.3 Å². The normalized spacial score (nSPS) is 18.7. The van der Waals surface area contributed by atoms with Crippen molar-refractivity contribution in [2.75, 3.05) is 27.4 Å². The van der Waals surface area contributed by atoms with Gasteiger partial charge in [-0.2, -0.15) is 0 Å². The highest BCUT2D eigenvalue weighted by Crippen LogP contribution is 2.41. The lowest BCUT2D eigenvalue weighted by molar-refractivity contribution is -0.140. The average Bonchev–Trinajstić information content (AvgIpc) is 3.30. The molecule has 0 bridgehead atoms. The van der Waals surface area contributed by atoms with Crippen LogP contribution in [0.4, 0.5) is 0 Å². The van der Waals surface area contributed by atoms with E-state index in [0.717, 1.165) is 10.4 Å². The van der Waals surface area contributed by atoms with Crippen LogP contribution in [0.2, 0.25) is 0 Å². The van der Waals surface area contributed by atoms with E-state index in [2.05, 4.69) is 0 Å². The van der Waals surface area contributed by atoms with Gasteiger partial charge in [0.1, 0.15) is 11.5 Å².